The Labute approximate surface area is 119 Å². The van der Waals surface area contributed by atoms with E-state index in [1.807, 2.05) is 25.1 Å². The van der Waals surface area contributed by atoms with Crippen LogP contribution in [0.4, 0.5) is 17.1 Å². The zero-order valence-electron chi connectivity index (χ0n) is 10.4. The van der Waals surface area contributed by atoms with E-state index in [4.69, 9.17) is 11.5 Å². The number of primary amides is 1. The summed E-state index contributed by atoms with van der Waals surface area (Å²) in [5.41, 5.74) is 14.5. The highest BCUT2D eigenvalue weighted by atomic mass is 79.9. The molecule has 0 aliphatic rings. The second kappa shape index (κ2) is 5.32. The largest absolute Gasteiger partial charge is 0.396 e. The van der Waals surface area contributed by atoms with Crippen LogP contribution in [0.2, 0.25) is 0 Å². The number of hydrogen-bond donors (Lipinski definition) is 3. The zero-order valence-corrected chi connectivity index (χ0v) is 12.0. The van der Waals surface area contributed by atoms with Crippen molar-refractivity contribution in [1.82, 2.24) is 0 Å². The molecule has 5 heteroatoms. The maximum absolute atomic E-state index is 11.2. The fraction of sp³-hybridized carbons (Fsp3) is 0.0714. The first kappa shape index (κ1) is 13.4. The Morgan fingerprint density at radius 2 is 2.00 bits per heavy atom. The number of hydrogen-bond acceptors (Lipinski definition) is 3. The lowest BCUT2D eigenvalue weighted by Crippen LogP contribution is -2.14. The molecule has 2 aromatic carbocycles. The molecule has 0 radical (unpaired) electrons. The molecule has 0 heterocycles. The second-order valence-corrected chi connectivity index (χ2v) is 5.07. The zero-order chi connectivity index (χ0) is 14.0. The third-order valence-corrected chi connectivity index (χ3v) is 3.68. The number of carbonyl (C=O) groups excluding carboxylic acids is 1. The third-order valence-electron chi connectivity index (χ3n) is 2.82. The first-order valence-corrected chi connectivity index (χ1v) is 6.50. The average Bonchev–Trinajstić information content (AvgIpc) is 2.36. The fourth-order valence-electron chi connectivity index (χ4n) is 1.72. The van der Waals surface area contributed by atoms with Crippen LogP contribution in [0.5, 0.6) is 0 Å². The number of nitrogens with two attached hydrogens (primary N) is 2. The number of rotatable bonds is 3. The molecular formula is C14H14BrN3O. The van der Waals surface area contributed by atoms with E-state index in [1.165, 1.54) is 0 Å². The van der Waals surface area contributed by atoms with Gasteiger partial charge in [0.25, 0.3) is 5.91 Å². The van der Waals surface area contributed by atoms with Crippen molar-refractivity contribution < 1.29 is 4.79 Å². The summed E-state index contributed by atoms with van der Waals surface area (Å²) in [6.45, 7) is 2.01. The van der Waals surface area contributed by atoms with Gasteiger partial charge in [-0.25, -0.2) is 0 Å². The minimum atomic E-state index is -0.536. The van der Waals surface area contributed by atoms with Crippen molar-refractivity contribution in [3.8, 4) is 0 Å². The monoisotopic (exact) mass is 319 g/mol. The van der Waals surface area contributed by atoms with E-state index in [0.717, 1.165) is 15.7 Å². The summed E-state index contributed by atoms with van der Waals surface area (Å²) < 4.78 is 1.00. The van der Waals surface area contributed by atoms with Crippen LogP contribution in [0.1, 0.15) is 15.9 Å². The molecule has 0 unspecified atom stereocenters. The van der Waals surface area contributed by atoms with E-state index in [0.29, 0.717) is 16.9 Å². The van der Waals surface area contributed by atoms with Crippen LogP contribution >= 0.6 is 15.9 Å². The molecule has 0 aliphatic heterocycles. The van der Waals surface area contributed by atoms with Crippen LogP contribution in [0, 0.1) is 6.92 Å². The van der Waals surface area contributed by atoms with E-state index in [1.54, 1.807) is 18.2 Å². The average molecular weight is 320 g/mol. The van der Waals surface area contributed by atoms with Gasteiger partial charge in [0, 0.05) is 10.2 Å². The molecule has 4 nitrogen and oxygen atoms in total. The molecule has 2 aromatic rings. The molecule has 1 amide bonds. The molecule has 98 valence electrons. The molecule has 0 atom stereocenters. The lowest BCUT2D eigenvalue weighted by molar-refractivity contribution is 0.100. The predicted molar refractivity (Wildman–Crippen MR) is 81.5 cm³/mol. The Kier molecular flexibility index (Phi) is 3.76. The minimum absolute atomic E-state index is 0.316. The Bertz CT molecular complexity index is 641. The van der Waals surface area contributed by atoms with Crippen molar-refractivity contribution in [2.45, 2.75) is 6.92 Å². The first-order valence-electron chi connectivity index (χ1n) is 5.70. The van der Waals surface area contributed by atoms with Gasteiger partial charge in [-0.1, -0.05) is 28.1 Å². The lowest BCUT2D eigenvalue weighted by atomic mass is 10.1. The highest BCUT2D eigenvalue weighted by molar-refractivity contribution is 9.10. The first-order chi connectivity index (χ1) is 8.99. The number of nitrogens with one attached hydrogen (secondary N) is 1. The molecule has 5 N–H and O–H groups in total. The van der Waals surface area contributed by atoms with Gasteiger partial charge in [-0.2, -0.15) is 0 Å². The molecule has 0 fully saturated rings. The van der Waals surface area contributed by atoms with Gasteiger partial charge in [0.1, 0.15) is 0 Å². The normalized spacial score (nSPS) is 10.2. The third kappa shape index (κ3) is 2.88. The summed E-state index contributed by atoms with van der Waals surface area (Å²) in [6.07, 6.45) is 0. The summed E-state index contributed by atoms with van der Waals surface area (Å²) in [4.78, 5) is 11.2. The molecule has 0 saturated carbocycles. The Hall–Kier alpha value is -2.01. The predicted octanol–water partition coefficient (Wildman–Crippen LogP) is 3.18. The summed E-state index contributed by atoms with van der Waals surface area (Å²) in [6, 6.07) is 11.0. The van der Waals surface area contributed by atoms with Crippen LogP contribution in [-0.2, 0) is 0 Å². The van der Waals surface area contributed by atoms with E-state index in [2.05, 4.69) is 21.2 Å². The molecule has 0 aliphatic carbocycles. The van der Waals surface area contributed by atoms with Crippen molar-refractivity contribution in [2.75, 3.05) is 11.1 Å². The molecule has 0 bridgehead atoms. The standard InChI is InChI=1S/C14H14BrN3O/c1-8-5-6-9(7-11(8)15)18-12-4-2-3-10(13(12)16)14(17)19/h2-7,18H,16H2,1H3,(H2,17,19). The summed E-state index contributed by atoms with van der Waals surface area (Å²) in [5, 5.41) is 3.17. The van der Waals surface area contributed by atoms with Gasteiger partial charge in [-0.15, -0.1) is 0 Å². The van der Waals surface area contributed by atoms with Crippen LogP contribution in [0.3, 0.4) is 0 Å². The highest BCUT2D eigenvalue weighted by Gasteiger charge is 2.09. The van der Waals surface area contributed by atoms with Crippen LogP contribution in [0.25, 0.3) is 0 Å². The van der Waals surface area contributed by atoms with Gasteiger partial charge < -0.3 is 16.8 Å². The van der Waals surface area contributed by atoms with Crippen molar-refractivity contribution in [2.24, 2.45) is 5.73 Å². The molecule has 2 rings (SSSR count). The number of aryl methyl sites for hydroxylation is 1. The minimum Gasteiger partial charge on any atom is -0.396 e. The number of benzene rings is 2. The number of halogens is 1. The van der Waals surface area contributed by atoms with E-state index in [-0.39, 0.29) is 0 Å². The summed E-state index contributed by atoms with van der Waals surface area (Å²) in [7, 11) is 0. The summed E-state index contributed by atoms with van der Waals surface area (Å²) >= 11 is 3.47. The quantitative estimate of drug-likeness (QED) is 0.760. The maximum atomic E-state index is 11.2. The fourth-order valence-corrected chi connectivity index (χ4v) is 2.09. The number of para-hydroxylation sites is 1. The molecule has 19 heavy (non-hydrogen) atoms. The van der Waals surface area contributed by atoms with Crippen LogP contribution in [0.15, 0.2) is 40.9 Å². The SMILES string of the molecule is Cc1ccc(Nc2cccc(C(N)=O)c2N)cc1Br. The maximum Gasteiger partial charge on any atom is 0.250 e. The van der Waals surface area contributed by atoms with Gasteiger partial charge >= 0.3 is 0 Å². The van der Waals surface area contributed by atoms with Crippen LogP contribution in [-0.4, -0.2) is 5.91 Å². The smallest absolute Gasteiger partial charge is 0.250 e. The van der Waals surface area contributed by atoms with Gasteiger partial charge in [-0.3, -0.25) is 4.79 Å². The Balaban J connectivity index is 2.35. The highest BCUT2D eigenvalue weighted by Crippen LogP contribution is 2.28. The molecular weight excluding hydrogens is 306 g/mol. The number of amides is 1. The lowest BCUT2D eigenvalue weighted by Gasteiger charge is -2.12. The van der Waals surface area contributed by atoms with Crippen molar-refractivity contribution in [1.29, 1.82) is 0 Å². The number of carbonyl (C=O) groups is 1. The van der Waals surface area contributed by atoms with Crippen molar-refractivity contribution in [3.05, 3.63) is 52.0 Å². The molecule has 0 saturated heterocycles. The summed E-state index contributed by atoms with van der Waals surface area (Å²) in [5.74, 6) is -0.536. The van der Waals surface area contributed by atoms with Gasteiger partial charge in [-0.05, 0) is 36.8 Å². The Morgan fingerprint density at radius 3 is 2.63 bits per heavy atom. The van der Waals surface area contributed by atoms with E-state index in [9.17, 15) is 4.79 Å². The van der Waals surface area contributed by atoms with Crippen molar-refractivity contribution in [3.63, 3.8) is 0 Å². The number of nitrogen functional groups attached to an aromatic ring is 1. The second-order valence-electron chi connectivity index (χ2n) is 4.22. The van der Waals surface area contributed by atoms with Gasteiger partial charge in [0.2, 0.25) is 0 Å². The van der Waals surface area contributed by atoms with E-state index < -0.39 is 5.91 Å². The van der Waals surface area contributed by atoms with Crippen LogP contribution < -0.4 is 16.8 Å². The topological polar surface area (TPSA) is 81.1 Å². The van der Waals surface area contributed by atoms with Gasteiger partial charge in [0.05, 0.1) is 16.9 Å². The molecule has 0 spiro atoms. The van der Waals surface area contributed by atoms with Crippen molar-refractivity contribution >= 4 is 38.9 Å². The Morgan fingerprint density at radius 1 is 1.26 bits per heavy atom. The van der Waals surface area contributed by atoms with Gasteiger partial charge in [0.15, 0.2) is 0 Å². The van der Waals surface area contributed by atoms with E-state index >= 15 is 0 Å². The molecule has 0 aromatic heterocycles. The number of anilines is 3.